The maximum Gasteiger partial charge on any atom is 0.421 e. The average molecular weight is 241 g/mol. The minimum atomic E-state index is -0.303. The molecule has 1 spiro atoms. The van der Waals surface area contributed by atoms with Crippen molar-refractivity contribution in [3.63, 3.8) is 0 Å². The Hall–Kier alpha value is -0.810. The number of amides is 1. The molecule has 2 aliphatic rings. The van der Waals surface area contributed by atoms with Crippen molar-refractivity contribution in [2.24, 2.45) is 5.41 Å². The smallest absolute Gasteiger partial charge is 0.421 e. The molecule has 5 nitrogen and oxygen atoms in total. The van der Waals surface area contributed by atoms with Crippen molar-refractivity contribution in [3.05, 3.63) is 0 Å². The third-order valence-corrected chi connectivity index (χ3v) is 3.70. The van der Waals surface area contributed by atoms with E-state index in [-0.39, 0.29) is 6.09 Å². The maximum atomic E-state index is 11.4. The number of rotatable bonds is 4. The lowest BCUT2D eigenvalue weighted by molar-refractivity contribution is -0.0544. The maximum absolute atomic E-state index is 11.4. The first kappa shape index (κ1) is 12.6. The summed E-state index contributed by atoms with van der Waals surface area (Å²) in [6.45, 7) is 6.75. The minimum Gasteiger partial charge on any atom is -0.449 e. The van der Waals surface area contributed by atoms with Crippen LogP contribution in [0.4, 0.5) is 4.79 Å². The van der Waals surface area contributed by atoms with Crippen molar-refractivity contribution in [1.82, 2.24) is 15.8 Å². The van der Waals surface area contributed by atoms with Crippen molar-refractivity contribution in [1.29, 1.82) is 0 Å². The van der Waals surface area contributed by atoms with Crippen LogP contribution in [0.25, 0.3) is 0 Å². The molecule has 0 saturated carbocycles. The SMILES string of the molecule is CCCCOC(=O)NN1CC2(CCNCC2)C1. The molecule has 0 aromatic heterocycles. The van der Waals surface area contributed by atoms with Crippen molar-refractivity contribution in [3.8, 4) is 0 Å². The van der Waals surface area contributed by atoms with Gasteiger partial charge in [0.25, 0.3) is 0 Å². The third kappa shape index (κ3) is 3.33. The molecule has 0 bridgehead atoms. The van der Waals surface area contributed by atoms with Gasteiger partial charge in [-0.25, -0.2) is 9.80 Å². The predicted octanol–water partition coefficient (Wildman–Crippen LogP) is 1.11. The zero-order valence-corrected chi connectivity index (χ0v) is 10.6. The van der Waals surface area contributed by atoms with Crippen molar-refractivity contribution >= 4 is 6.09 Å². The molecule has 0 aromatic rings. The molecule has 1 amide bonds. The van der Waals surface area contributed by atoms with Gasteiger partial charge < -0.3 is 10.1 Å². The Labute approximate surface area is 103 Å². The van der Waals surface area contributed by atoms with Crippen molar-refractivity contribution < 1.29 is 9.53 Å². The summed E-state index contributed by atoms with van der Waals surface area (Å²) >= 11 is 0. The molecule has 0 aliphatic carbocycles. The van der Waals surface area contributed by atoms with Gasteiger partial charge in [0, 0.05) is 18.5 Å². The molecule has 2 saturated heterocycles. The Morgan fingerprint density at radius 3 is 2.76 bits per heavy atom. The van der Waals surface area contributed by atoms with Crippen LogP contribution in [-0.2, 0) is 4.74 Å². The minimum absolute atomic E-state index is 0.303. The number of carbonyl (C=O) groups excluding carboxylic acids is 1. The number of nitrogens with one attached hydrogen (secondary N) is 2. The number of piperidine rings is 1. The molecule has 0 radical (unpaired) electrons. The van der Waals surface area contributed by atoms with E-state index in [1.165, 1.54) is 12.8 Å². The van der Waals surface area contributed by atoms with Gasteiger partial charge in [0.2, 0.25) is 0 Å². The highest BCUT2D eigenvalue weighted by atomic mass is 16.6. The summed E-state index contributed by atoms with van der Waals surface area (Å²) in [5.41, 5.74) is 3.24. The Bertz CT molecular complexity index is 256. The number of hydrogen-bond acceptors (Lipinski definition) is 4. The molecule has 0 unspecified atom stereocenters. The molecule has 2 rings (SSSR count). The number of ether oxygens (including phenoxy) is 1. The topological polar surface area (TPSA) is 53.6 Å². The zero-order valence-electron chi connectivity index (χ0n) is 10.6. The van der Waals surface area contributed by atoms with E-state index < -0.39 is 0 Å². The van der Waals surface area contributed by atoms with E-state index in [1.807, 2.05) is 5.01 Å². The van der Waals surface area contributed by atoms with Crippen molar-refractivity contribution in [2.75, 3.05) is 32.8 Å². The first-order valence-electron chi connectivity index (χ1n) is 6.63. The second-order valence-electron chi connectivity index (χ2n) is 5.21. The van der Waals surface area contributed by atoms with Crippen LogP contribution in [0.1, 0.15) is 32.6 Å². The van der Waals surface area contributed by atoms with Gasteiger partial charge in [0.1, 0.15) is 0 Å². The highest BCUT2D eigenvalue weighted by Crippen LogP contribution is 2.37. The highest BCUT2D eigenvalue weighted by Gasteiger charge is 2.44. The molecule has 2 heterocycles. The Morgan fingerprint density at radius 1 is 1.41 bits per heavy atom. The van der Waals surface area contributed by atoms with Gasteiger partial charge in [-0.2, -0.15) is 0 Å². The van der Waals surface area contributed by atoms with Crippen LogP contribution >= 0.6 is 0 Å². The normalized spacial score (nSPS) is 23.1. The van der Waals surface area contributed by atoms with Crippen LogP contribution in [0, 0.1) is 5.41 Å². The molecular formula is C12H23N3O2. The van der Waals surface area contributed by atoms with Crippen LogP contribution in [0.5, 0.6) is 0 Å². The number of hydrazine groups is 1. The summed E-state index contributed by atoms with van der Waals surface area (Å²) in [4.78, 5) is 11.4. The Balaban J connectivity index is 1.61. The van der Waals surface area contributed by atoms with E-state index in [2.05, 4.69) is 17.7 Å². The molecule has 2 aliphatic heterocycles. The summed E-state index contributed by atoms with van der Waals surface area (Å²) < 4.78 is 5.06. The molecule has 2 N–H and O–H groups in total. The van der Waals surface area contributed by atoms with E-state index in [0.717, 1.165) is 39.0 Å². The van der Waals surface area contributed by atoms with E-state index >= 15 is 0 Å². The lowest BCUT2D eigenvalue weighted by atomic mass is 9.73. The molecular weight excluding hydrogens is 218 g/mol. The van der Waals surface area contributed by atoms with E-state index in [4.69, 9.17) is 4.74 Å². The lowest BCUT2D eigenvalue weighted by Gasteiger charge is -2.51. The quantitative estimate of drug-likeness (QED) is 0.724. The monoisotopic (exact) mass is 241 g/mol. The zero-order chi connectivity index (χ0) is 12.1. The van der Waals surface area contributed by atoms with Gasteiger partial charge >= 0.3 is 6.09 Å². The fourth-order valence-corrected chi connectivity index (χ4v) is 2.59. The van der Waals surface area contributed by atoms with Crippen LogP contribution in [0.15, 0.2) is 0 Å². The molecule has 0 atom stereocenters. The third-order valence-electron chi connectivity index (χ3n) is 3.70. The fourth-order valence-electron chi connectivity index (χ4n) is 2.59. The first-order chi connectivity index (χ1) is 8.24. The van der Waals surface area contributed by atoms with Gasteiger partial charge in [-0.1, -0.05) is 13.3 Å². The van der Waals surface area contributed by atoms with E-state index in [0.29, 0.717) is 12.0 Å². The van der Waals surface area contributed by atoms with Crippen LogP contribution in [0.2, 0.25) is 0 Å². The van der Waals surface area contributed by atoms with Gasteiger partial charge in [-0.15, -0.1) is 0 Å². The summed E-state index contributed by atoms with van der Waals surface area (Å²) in [6, 6.07) is 0. The Morgan fingerprint density at radius 2 is 2.12 bits per heavy atom. The molecule has 17 heavy (non-hydrogen) atoms. The number of nitrogens with zero attached hydrogens (tertiary/aromatic N) is 1. The Kier molecular flexibility index (Phi) is 4.23. The lowest BCUT2D eigenvalue weighted by Crippen LogP contribution is -2.64. The summed E-state index contributed by atoms with van der Waals surface area (Å²) in [5, 5.41) is 5.34. The second kappa shape index (κ2) is 5.69. The van der Waals surface area contributed by atoms with Crippen LogP contribution in [0.3, 0.4) is 0 Å². The number of hydrogen-bond donors (Lipinski definition) is 2. The molecule has 98 valence electrons. The molecule has 5 heteroatoms. The molecule has 0 aromatic carbocycles. The first-order valence-corrected chi connectivity index (χ1v) is 6.63. The second-order valence-corrected chi connectivity index (χ2v) is 5.21. The predicted molar refractivity (Wildman–Crippen MR) is 65.5 cm³/mol. The van der Waals surface area contributed by atoms with E-state index in [1.54, 1.807) is 0 Å². The number of carbonyl (C=O) groups is 1. The number of unbranched alkanes of at least 4 members (excludes halogenated alkanes) is 1. The average Bonchev–Trinajstić information content (AvgIpc) is 2.29. The fraction of sp³-hybridized carbons (Fsp3) is 0.917. The van der Waals surface area contributed by atoms with Crippen LogP contribution < -0.4 is 10.7 Å². The summed E-state index contributed by atoms with van der Waals surface area (Å²) in [5.74, 6) is 0. The standard InChI is InChI=1S/C12H23N3O2/c1-2-3-8-17-11(16)14-15-9-12(10-15)4-6-13-7-5-12/h13H,2-10H2,1H3,(H,14,16). The van der Waals surface area contributed by atoms with Crippen LogP contribution in [-0.4, -0.2) is 43.9 Å². The van der Waals surface area contributed by atoms with Gasteiger partial charge in [-0.3, -0.25) is 5.43 Å². The summed E-state index contributed by atoms with van der Waals surface area (Å²) in [7, 11) is 0. The molecule has 2 fully saturated rings. The van der Waals surface area contributed by atoms with Gasteiger partial charge in [0.15, 0.2) is 0 Å². The van der Waals surface area contributed by atoms with E-state index in [9.17, 15) is 4.79 Å². The van der Waals surface area contributed by atoms with Gasteiger partial charge in [0.05, 0.1) is 6.61 Å². The largest absolute Gasteiger partial charge is 0.449 e. The van der Waals surface area contributed by atoms with Gasteiger partial charge in [-0.05, 0) is 32.4 Å². The van der Waals surface area contributed by atoms with Crippen molar-refractivity contribution in [2.45, 2.75) is 32.6 Å². The summed E-state index contributed by atoms with van der Waals surface area (Å²) in [6.07, 6.45) is 4.12. The highest BCUT2D eigenvalue weighted by molar-refractivity contribution is 5.66.